The molecule has 0 bridgehead atoms. The van der Waals surface area contributed by atoms with E-state index in [2.05, 4.69) is 43.9 Å². The molecule has 228 valence electrons. The molecule has 3 heterocycles. The average Bonchev–Trinajstić information content (AvgIpc) is 3.76. The average molecular weight is 614 g/mol. The lowest BCUT2D eigenvalue weighted by atomic mass is 9.76. The highest BCUT2D eigenvalue weighted by Crippen LogP contribution is 2.41. The van der Waals surface area contributed by atoms with Crippen molar-refractivity contribution in [2.45, 2.75) is 36.6 Å². The molecule has 44 heavy (non-hydrogen) atoms. The van der Waals surface area contributed by atoms with E-state index in [-0.39, 0.29) is 16.9 Å². The van der Waals surface area contributed by atoms with Gasteiger partial charge in [-0.3, -0.25) is 9.59 Å². The topological polar surface area (TPSA) is 105 Å². The lowest BCUT2D eigenvalue weighted by Gasteiger charge is -2.43. The summed E-state index contributed by atoms with van der Waals surface area (Å²) in [7, 11) is 1.57. The molecule has 1 aromatic heterocycles. The van der Waals surface area contributed by atoms with E-state index in [0.29, 0.717) is 35.1 Å². The molecule has 10 nitrogen and oxygen atoms in total. The number of aromatic nitrogens is 4. The predicted molar refractivity (Wildman–Crippen MR) is 167 cm³/mol. The summed E-state index contributed by atoms with van der Waals surface area (Å²) in [6.07, 6.45) is 5.69. The first-order chi connectivity index (χ1) is 21.4. The summed E-state index contributed by atoms with van der Waals surface area (Å²) in [5, 5.41) is 15.2. The second-order valence-electron chi connectivity index (χ2n) is 11.7. The van der Waals surface area contributed by atoms with E-state index in [4.69, 9.17) is 16.3 Å². The van der Waals surface area contributed by atoms with Crippen LogP contribution in [0.1, 0.15) is 47.2 Å². The molecule has 1 unspecified atom stereocenters. The van der Waals surface area contributed by atoms with E-state index >= 15 is 0 Å². The number of benzene rings is 3. The number of rotatable bonds is 10. The van der Waals surface area contributed by atoms with Crippen LogP contribution in [0, 0.1) is 0 Å². The molecule has 0 aliphatic carbocycles. The van der Waals surface area contributed by atoms with E-state index in [1.54, 1.807) is 19.2 Å². The molecule has 4 aromatic rings. The number of likely N-dealkylation sites (tertiary alicyclic amines) is 2. The largest absolute Gasteiger partial charge is 0.496 e. The fourth-order valence-electron chi connectivity index (χ4n) is 6.82. The molecule has 0 spiro atoms. The first-order valence-electron chi connectivity index (χ1n) is 14.9. The smallest absolute Gasteiger partial charge is 0.257 e. The van der Waals surface area contributed by atoms with Gasteiger partial charge in [0.25, 0.3) is 5.91 Å². The number of nitrogens with one attached hydrogen (secondary N) is 1. The Morgan fingerprint density at radius 2 is 1.80 bits per heavy atom. The molecular formula is C33H36ClN7O3. The van der Waals surface area contributed by atoms with Gasteiger partial charge in [-0.15, -0.1) is 5.10 Å². The monoisotopic (exact) mass is 613 g/mol. The molecule has 2 amide bonds. The fourth-order valence-corrected chi connectivity index (χ4v) is 7.01. The number of tetrazole rings is 1. The van der Waals surface area contributed by atoms with Crippen molar-refractivity contribution in [1.29, 1.82) is 0 Å². The number of piperidine rings is 1. The molecule has 2 saturated heterocycles. The SMILES string of the molecule is COc1ccc(-n2cnnn2)cc1C(=O)N1CCC(CCN2CCC(NC=O)(c3ccccc3)CC2)(c2cccc(Cl)c2)C1. The number of halogens is 1. The van der Waals surface area contributed by atoms with Gasteiger partial charge in [0, 0.05) is 36.6 Å². The number of ether oxygens (including phenoxy) is 1. The molecule has 1 atom stereocenters. The highest BCUT2D eigenvalue weighted by molar-refractivity contribution is 6.30. The second kappa shape index (κ2) is 12.8. The molecule has 0 radical (unpaired) electrons. The minimum absolute atomic E-state index is 0.0915. The van der Waals surface area contributed by atoms with Crippen molar-refractivity contribution >= 4 is 23.9 Å². The zero-order valence-corrected chi connectivity index (χ0v) is 25.5. The number of carbonyl (C=O) groups is 2. The first-order valence-corrected chi connectivity index (χ1v) is 15.3. The molecule has 0 saturated carbocycles. The van der Waals surface area contributed by atoms with Crippen molar-refractivity contribution in [2.24, 2.45) is 0 Å². The molecule has 1 N–H and O–H groups in total. The Morgan fingerprint density at radius 1 is 1.00 bits per heavy atom. The van der Waals surface area contributed by atoms with Gasteiger partial charge < -0.3 is 19.9 Å². The van der Waals surface area contributed by atoms with Crippen LogP contribution in [0.3, 0.4) is 0 Å². The van der Waals surface area contributed by atoms with Gasteiger partial charge in [-0.05, 0) is 84.1 Å². The van der Waals surface area contributed by atoms with E-state index in [0.717, 1.165) is 62.9 Å². The maximum Gasteiger partial charge on any atom is 0.257 e. The van der Waals surface area contributed by atoms with E-state index < -0.39 is 0 Å². The van der Waals surface area contributed by atoms with E-state index in [1.165, 1.54) is 11.0 Å². The Balaban J connectivity index is 1.20. The number of amides is 2. The first kappa shape index (κ1) is 29.8. The Bertz CT molecular complexity index is 1590. The van der Waals surface area contributed by atoms with Crippen LogP contribution in [0.5, 0.6) is 5.75 Å². The predicted octanol–water partition coefficient (Wildman–Crippen LogP) is 4.24. The lowest BCUT2D eigenvalue weighted by Crippen LogP contribution is -2.51. The van der Waals surface area contributed by atoms with E-state index in [9.17, 15) is 9.59 Å². The second-order valence-corrected chi connectivity index (χ2v) is 12.1. The molecule has 2 aliphatic heterocycles. The van der Waals surface area contributed by atoms with Crippen LogP contribution in [0.4, 0.5) is 0 Å². The normalized spacial score (nSPS) is 19.9. The standard InChI is InChI=1S/C33H36ClN7O3/c1-44-30-11-10-28(41-23-36-37-38-41)21-29(30)31(43)40-19-13-32(22-40,26-8-5-9-27(34)20-26)12-16-39-17-14-33(15-18-39,35-24-42)25-6-3-2-4-7-25/h2-11,20-21,23-24H,12-19,22H2,1H3,(H,35,42). The molecule has 3 aromatic carbocycles. The van der Waals surface area contributed by atoms with Crippen LogP contribution in [-0.2, 0) is 15.7 Å². The third kappa shape index (κ3) is 5.92. The van der Waals surface area contributed by atoms with Crippen molar-refractivity contribution in [3.8, 4) is 11.4 Å². The molecule has 2 fully saturated rings. The summed E-state index contributed by atoms with van der Waals surface area (Å²) in [6, 6.07) is 23.7. The van der Waals surface area contributed by atoms with E-state index in [1.807, 2.05) is 47.4 Å². The van der Waals surface area contributed by atoms with Crippen LogP contribution < -0.4 is 10.1 Å². The van der Waals surface area contributed by atoms with Crippen LogP contribution in [0.25, 0.3) is 5.69 Å². The fraction of sp³-hybridized carbons (Fsp3) is 0.364. The van der Waals surface area contributed by atoms with Crippen LogP contribution in [0.15, 0.2) is 79.1 Å². The minimum Gasteiger partial charge on any atom is -0.496 e. The summed E-state index contributed by atoms with van der Waals surface area (Å²) in [5.41, 5.74) is 2.84. The van der Waals surface area contributed by atoms with Gasteiger partial charge in [-0.1, -0.05) is 54.1 Å². The highest BCUT2D eigenvalue weighted by atomic mass is 35.5. The number of carbonyl (C=O) groups excluding carboxylic acids is 2. The van der Waals surface area contributed by atoms with Crippen LogP contribution in [-0.4, -0.2) is 82.2 Å². The Morgan fingerprint density at radius 3 is 2.50 bits per heavy atom. The van der Waals surface area contributed by atoms with Gasteiger partial charge in [0.05, 0.1) is 23.9 Å². The van der Waals surface area contributed by atoms with Crippen LogP contribution in [0.2, 0.25) is 5.02 Å². The lowest BCUT2D eigenvalue weighted by molar-refractivity contribution is -0.112. The maximum atomic E-state index is 14.0. The Hall–Kier alpha value is -4.28. The van der Waals surface area contributed by atoms with Gasteiger partial charge >= 0.3 is 0 Å². The number of hydrogen-bond donors (Lipinski definition) is 1. The molecule has 6 rings (SSSR count). The number of nitrogens with zero attached hydrogens (tertiary/aromatic N) is 6. The summed E-state index contributed by atoms with van der Waals surface area (Å²) in [4.78, 5) is 30.0. The number of hydrogen-bond acceptors (Lipinski definition) is 7. The van der Waals surface area contributed by atoms with Crippen molar-refractivity contribution in [3.05, 3.63) is 101 Å². The third-order valence-corrected chi connectivity index (χ3v) is 9.62. The summed E-state index contributed by atoms with van der Waals surface area (Å²) in [6.45, 7) is 3.79. The summed E-state index contributed by atoms with van der Waals surface area (Å²) in [5.74, 6) is 0.414. The van der Waals surface area contributed by atoms with Gasteiger partial charge in [0.15, 0.2) is 0 Å². The number of methoxy groups -OCH3 is 1. The maximum absolute atomic E-state index is 14.0. The summed E-state index contributed by atoms with van der Waals surface area (Å²) < 4.78 is 7.10. The van der Waals surface area contributed by atoms with Gasteiger partial charge in [0.1, 0.15) is 12.1 Å². The molecule has 2 aliphatic rings. The Labute approximate surface area is 261 Å². The van der Waals surface area contributed by atoms with Crippen molar-refractivity contribution < 1.29 is 14.3 Å². The summed E-state index contributed by atoms with van der Waals surface area (Å²) >= 11 is 6.49. The third-order valence-electron chi connectivity index (χ3n) is 9.38. The molecule has 11 heteroatoms. The zero-order chi connectivity index (χ0) is 30.6. The van der Waals surface area contributed by atoms with Gasteiger partial charge in [0.2, 0.25) is 6.41 Å². The van der Waals surface area contributed by atoms with Gasteiger partial charge in [-0.25, -0.2) is 4.68 Å². The zero-order valence-electron chi connectivity index (χ0n) is 24.7. The van der Waals surface area contributed by atoms with Crippen molar-refractivity contribution in [2.75, 3.05) is 39.8 Å². The van der Waals surface area contributed by atoms with Crippen molar-refractivity contribution in [1.82, 2.24) is 35.3 Å². The van der Waals surface area contributed by atoms with Gasteiger partial charge in [-0.2, -0.15) is 0 Å². The Kier molecular flexibility index (Phi) is 8.63. The molecular weight excluding hydrogens is 578 g/mol. The van der Waals surface area contributed by atoms with Crippen molar-refractivity contribution in [3.63, 3.8) is 0 Å². The highest BCUT2D eigenvalue weighted by Gasteiger charge is 2.43. The minimum atomic E-state index is -0.351. The van der Waals surface area contributed by atoms with Crippen LogP contribution >= 0.6 is 11.6 Å². The quantitative estimate of drug-likeness (QED) is 0.267.